The van der Waals surface area contributed by atoms with Crippen LogP contribution in [0.1, 0.15) is 19.3 Å². The molecule has 3 N–H and O–H groups in total. The van der Waals surface area contributed by atoms with Crippen molar-refractivity contribution in [2.24, 2.45) is 5.92 Å². The topological polar surface area (TPSA) is 50.5 Å². The fourth-order valence-electron chi connectivity index (χ4n) is 2.58. The van der Waals surface area contributed by atoms with Gasteiger partial charge in [-0.3, -0.25) is 0 Å². The van der Waals surface area contributed by atoms with Gasteiger partial charge in [0.2, 0.25) is 0 Å². The number of benzene rings is 1. The lowest BCUT2D eigenvalue weighted by Gasteiger charge is -2.29. The van der Waals surface area contributed by atoms with E-state index in [0.29, 0.717) is 0 Å². The molecule has 4 nitrogen and oxygen atoms in total. The molecule has 2 rings (SSSR count). The van der Waals surface area contributed by atoms with Crippen LogP contribution in [0.25, 0.3) is 0 Å². The highest BCUT2D eigenvalue weighted by Crippen LogP contribution is 2.25. The molecule has 4 heteroatoms. The lowest BCUT2D eigenvalue weighted by atomic mass is 9.94. The molecule has 0 bridgehead atoms. The largest absolute Gasteiger partial charge is 0.497 e. The molecule has 1 aromatic rings. The highest BCUT2D eigenvalue weighted by atomic mass is 16.5. The van der Waals surface area contributed by atoms with Gasteiger partial charge in [-0.25, -0.2) is 0 Å². The van der Waals surface area contributed by atoms with Crippen molar-refractivity contribution in [3.8, 4) is 5.75 Å². The molecule has 0 saturated carbocycles. The Kier molecular flexibility index (Phi) is 4.91. The number of nitrogens with one attached hydrogen (secondary N) is 1. The highest BCUT2D eigenvalue weighted by Gasteiger charge is 2.16. The van der Waals surface area contributed by atoms with Gasteiger partial charge < -0.3 is 20.7 Å². The van der Waals surface area contributed by atoms with Crippen molar-refractivity contribution < 1.29 is 4.74 Å². The zero-order chi connectivity index (χ0) is 13.7. The molecular weight excluding hydrogens is 238 g/mol. The van der Waals surface area contributed by atoms with Crippen LogP contribution in [-0.4, -0.2) is 38.7 Å². The van der Waals surface area contributed by atoms with Crippen LogP contribution in [0.5, 0.6) is 5.75 Å². The predicted octanol–water partition coefficient (Wildman–Crippen LogP) is 2.42. The maximum absolute atomic E-state index is 5.96. The number of hydrogen-bond donors (Lipinski definition) is 2. The third kappa shape index (κ3) is 4.03. The fraction of sp³-hybridized carbons (Fsp3) is 0.600. The number of nitrogens with two attached hydrogens (primary N) is 1. The molecule has 0 radical (unpaired) electrons. The molecular formula is C15H25N3O. The van der Waals surface area contributed by atoms with E-state index in [1.54, 1.807) is 7.11 Å². The van der Waals surface area contributed by atoms with Gasteiger partial charge >= 0.3 is 0 Å². The van der Waals surface area contributed by atoms with Crippen molar-refractivity contribution in [2.45, 2.75) is 19.3 Å². The molecule has 1 heterocycles. The molecule has 1 aromatic carbocycles. The number of hydrogen-bond acceptors (Lipinski definition) is 4. The maximum Gasteiger partial charge on any atom is 0.121 e. The van der Waals surface area contributed by atoms with E-state index < -0.39 is 0 Å². The third-order valence-electron chi connectivity index (χ3n) is 3.97. The summed E-state index contributed by atoms with van der Waals surface area (Å²) in [5, 5.41) is 3.43. The molecule has 0 atom stereocenters. The molecule has 0 aromatic heterocycles. The average molecular weight is 263 g/mol. The summed E-state index contributed by atoms with van der Waals surface area (Å²) in [7, 11) is 3.87. The van der Waals surface area contributed by atoms with E-state index in [4.69, 9.17) is 10.5 Å². The summed E-state index contributed by atoms with van der Waals surface area (Å²) in [6.07, 6.45) is 3.84. The van der Waals surface area contributed by atoms with Gasteiger partial charge in [-0.15, -0.1) is 0 Å². The summed E-state index contributed by atoms with van der Waals surface area (Å²) in [6.45, 7) is 3.43. The summed E-state index contributed by atoms with van der Waals surface area (Å²) in [6, 6.07) is 5.73. The first-order chi connectivity index (χ1) is 9.19. The van der Waals surface area contributed by atoms with Crippen LogP contribution in [0.4, 0.5) is 11.4 Å². The summed E-state index contributed by atoms with van der Waals surface area (Å²) >= 11 is 0. The number of anilines is 2. The standard InChI is InChI=1S/C15H25N3O/c1-18-9-6-12(7-10-18)5-8-17-15-11-13(19-2)3-4-14(15)16/h3-4,11-12,17H,5-10,16H2,1-2H3. The number of nitrogen functional groups attached to an aromatic ring is 1. The lowest BCUT2D eigenvalue weighted by Crippen LogP contribution is -2.30. The van der Waals surface area contributed by atoms with Crippen LogP contribution in [-0.2, 0) is 0 Å². The van der Waals surface area contributed by atoms with Crippen molar-refractivity contribution in [3.63, 3.8) is 0 Å². The van der Waals surface area contributed by atoms with E-state index in [9.17, 15) is 0 Å². The second-order valence-corrected chi connectivity index (χ2v) is 5.42. The fourth-order valence-corrected chi connectivity index (χ4v) is 2.58. The zero-order valence-electron chi connectivity index (χ0n) is 12.0. The number of likely N-dealkylation sites (tertiary alicyclic amines) is 1. The minimum absolute atomic E-state index is 0.782. The van der Waals surface area contributed by atoms with Gasteiger partial charge in [0, 0.05) is 12.6 Å². The van der Waals surface area contributed by atoms with Crippen LogP contribution < -0.4 is 15.8 Å². The molecule has 0 spiro atoms. The van der Waals surface area contributed by atoms with E-state index in [-0.39, 0.29) is 0 Å². The van der Waals surface area contributed by atoms with Gasteiger partial charge in [0.25, 0.3) is 0 Å². The van der Waals surface area contributed by atoms with Crippen molar-refractivity contribution in [2.75, 3.05) is 44.8 Å². The third-order valence-corrected chi connectivity index (χ3v) is 3.97. The van der Waals surface area contributed by atoms with Gasteiger partial charge in [0.05, 0.1) is 18.5 Å². The van der Waals surface area contributed by atoms with E-state index in [1.165, 1.54) is 32.4 Å². The Balaban J connectivity index is 1.79. The van der Waals surface area contributed by atoms with Crippen molar-refractivity contribution >= 4 is 11.4 Å². The molecule has 19 heavy (non-hydrogen) atoms. The summed E-state index contributed by atoms with van der Waals surface area (Å²) in [4.78, 5) is 2.41. The number of piperidine rings is 1. The monoisotopic (exact) mass is 263 g/mol. The van der Waals surface area contributed by atoms with E-state index in [2.05, 4.69) is 17.3 Å². The van der Waals surface area contributed by atoms with E-state index in [0.717, 1.165) is 29.6 Å². The van der Waals surface area contributed by atoms with E-state index in [1.807, 2.05) is 18.2 Å². The molecule has 0 amide bonds. The van der Waals surface area contributed by atoms with Gasteiger partial charge in [-0.1, -0.05) is 0 Å². The van der Waals surface area contributed by atoms with Crippen molar-refractivity contribution in [3.05, 3.63) is 18.2 Å². The Bertz CT molecular complexity index is 400. The second-order valence-electron chi connectivity index (χ2n) is 5.42. The number of nitrogens with zero attached hydrogens (tertiary/aromatic N) is 1. The Labute approximate surface area is 115 Å². The lowest BCUT2D eigenvalue weighted by molar-refractivity contribution is 0.215. The van der Waals surface area contributed by atoms with Crippen LogP contribution in [0.15, 0.2) is 18.2 Å². The molecule has 0 unspecified atom stereocenters. The summed E-state index contributed by atoms with van der Waals surface area (Å²) in [5.74, 6) is 1.69. The quantitative estimate of drug-likeness (QED) is 0.801. The van der Waals surface area contributed by atoms with Gasteiger partial charge in [-0.2, -0.15) is 0 Å². The second kappa shape index (κ2) is 6.66. The molecule has 106 valence electrons. The van der Waals surface area contributed by atoms with E-state index >= 15 is 0 Å². The van der Waals surface area contributed by atoms with Crippen LogP contribution in [0, 0.1) is 5.92 Å². The average Bonchev–Trinajstić information content (AvgIpc) is 2.43. The molecule has 0 aliphatic carbocycles. The SMILES string of the molecule is COc1ccc(N)c(NCCC2CCN(C)CC2)c1. The van der Waals surface area contributed by atoms with Crippen LogP contribution in [0.2, 0.25) is 0 Å². The number of ether oxygens (including phenoxy) is 1. The Morgan fingerprint density at radius 2 is 2.11 bits per heavy atom. The van der Waals surface area contributed by atoms with Gasteiger partial charge in [-0.05, 0) is 57.5 Å². The Morgan fingerprint density at radius 3 is 2.79 bits per heavy atom. The highest BCUT2D eigenvalue weighted by molar-refractivity contribution is 5.68. The first kappa shape index (κ1) is 14.0. The number of methoxy groups -OCH3 is 1. The smallest absolute Gasteiger partial charge is 0.121 e. The molecule has 1 fully saturated rings. The summed E-state index contributed by atoms with van der Waals surface area (Å²) in [5.41, 5.74) is 7.72. The Hall–Kier alpha value is -1.42. The van der Waals surface area contributed by atoms with Crippen LogP contribution >= 0.6 is 0 Å². The normalized spacial score (nSPS) is 17.4. The number of rotatable bonds is 5. The van der Waals surface area contributed by atoms with Gasteiger partial charge in [0.1, 0.15) is 5.75 Å². The van der Waals surface area contributed by atoms with Crippen LogP contribution in [0.3, 0.4) is 0 Å². The molecule has 1 aliphatic heterocycles. The van der Waals surface area contributed by atoms with Gasteiger partial charge in [0.15, 0.2) is 0 Å². The first-order valence-corrected chi connectivity index (χ1v) is 7.05. The first-order valence-electron chi connectivity index (χ1n) is 7.05. The minimum atomic E-state index is 0.782. The zero-order valence-corrected chi connectivity index (χ0v) is 12.0. The molecule has 1 aliphatic rings. The summed E-state index contributed by atoms with van der Waals surface area (Å²) < 4.78 is 5.22. The minimum Gasteiger partial charge on any atom is -0.497 e. The van der Waals surface area contributed by atoms with Crippen molar-refractivity contribution in [1.82, 2.24) is 4.90 Å². The van der Waals surface area contributed by atoms with Crippen molar-refractivity contribution in [1.29, 1.82) is 0 Å². The maximum atomic E-state index is 5.96. The Morgan fingerprint density at radius 1 is 1.37 bits per heavy atom. The predicted molar refractivity (Wildman–Crippen MR) is 80.7 cm³/mol. The molecule has 1 saturated heterocycles.